The van der Waals surface area contributed by atoms with Gasteiger partial charge in [0.1, 0.15) is 0 Å². The molecule has 0 bridgehead atoms. The van der Waals surface area contributed by atoms with Crippen molar-refractivity contribution in [3.63, 3.8) is 0 Å². The molecule has 7 heteroatoms. The summed E-state index contributed by atoms with van der Waals surface area (Å²) in [6.45, 7) is 2.51. The number of carbonyl (C=O) groups is 1. The molecule has 4 rings (SSSR count). The summed E-state index contributed by atoms with van der Waals surface area (Å²) in [5, 5.41) is 6.98. The Morgan fingerprint density at radius 3 is 2.83 bits per heavy atom. The first-order valence-corrected chi connectivity index (χ1v) is 10.0. The molecule has 3 N–H and O–H groups in total. The average molecular weight is 406 g/mol. The number of aryl methyl sites for hydroxylation is 1. The number of aromatic amines is 1. The number of nitrogens with one attached hydrogen (secondary N) is 3. The first-order valence-electron chi connectivity index (χ1n) is 9.60. The molecule has 0 saturated carbocycles. The predicted octanol–water partition coefficient (Wildman–Crippen LogP) is 3.72. The molecule has 148 valence electrons. The molecule has 0 radical (unpaired) electrons. The monoisotopic (exact) mass is 405 g/mol. The van der Waals surface area contributed by atoms with E-state index in [-0.39, 0.29) is 18.0 Å². The largest absolute Gasteiger partial charge is 0.363 e. The van der Waals surface area contributed by atoms with Crippen LogP contribution in [0.15, 0.2) is 67.0 Å². The number of aromatic nitrogens is 2. The van der Waals surface area contributed by atoms with Crippen LogP contribution in [0.3, 0.4) is 0 Å². The van der Waals surface area contributed by atoms with Gasteiger partial charge in [-0.1, -0.05) is 18.2 Å². The molecular formula is C22H23N5OS. The third kappa shape index (κ3) is 4.30. The van der Waals surface area contributed by atoms with Gasteiger partial charge in [0.2, 0.25) is 5.91 Å². The Kier molecular flexibility index (Phi) is 5.57. The van der Waals surface area contributed by atoms with Crippen molar-refractivity contribution < 1.29 is 4.79 Å². The van der Waals surface area contributed by atoms with Crippen molar-refractivity contribution in [2.45, 2.75) is 25.4 Å². The lowest BCUT2D eigenvalue weighted by Gasteiger charge is -2.26. The molecule has 0 spiro atoms. The summed E-state index contributed by atoms with van der Waals surface area (Å²) in [6, 6.07) is 17.5. The Labute approximate surface area is 175 Å². The van der Waals surface area contributed by atoms with Crippen LogP contribution in [0.25, 0.3) is 0 Å². The fourth-order valence-electron chi connectivity index (χ4n) is 3.68. The summed E-state index contributed by atoms with van der Waals surface area (Å²) in [5.41, 5.74) is 3.87. The average Bonchev–Trinajstić information content (AvgIpc) is 3.35. The van der Waals surface area contributed by atoms with Gasteiger partial charge in [0.15, 0.2) is 5.11 Å². The first kappa shape index (κ1) is 19.1. The minimum absolute atomic E-state index is 0.0371. The van der Waals surface area contributed by atoms with Crippen LogP contribution in [-0.2, 0) is 4.79 Å². The SMILES string of the molecule is Cc1cccc(NC(=O)CCN2C(=S)N[C@H](c3ccccn3)[C@@H]2c2ccc[nH]2)c1. The molecule has 1 aliphatic rings. The molecule has 0 aliphatic carbocycles. The highest BCUT2D eigenvalue weighted by atomic mass is 32.1. The second-order valence-electron chi connectivity index (χ2n) is 7.11. The van der Waals surface area contributed by atoms with Crippen molar-refractivity contribution >= 4 is 28.9 Å². The van der Waals surface area contributed by atoms with E-state index < -0.39 is 0 Å². The van der Waals surface area contributed by atoms with Gasteiger partial charge in [0.05, 0.1) is 17.8 Å². The Morgan fingerprint density at radius 1 is 1.21 bits per heavy atom. The first-order chi connectivity index (χ1) is 14.1. The number of benzene rings is 1. The Balaban J connectivity index is 1.49. The van der Waals surface area contributed by atoms with Gasteiger partial charge in [-0.05, 0) is 61.1 Å². The molecule has 1 amide bonds. The highest BCUT2D eigenvalue weighted by Gasteiger charge is 2.40. The van der Waals surface area contributed by atoms with Gasteiger partial charge < -0.3 is 20.5 Å². The van der Waals surface area contributed by atoms with Crippen LogP contribution in [-0.4, -0.2) is 32.4 Å². The van der Waals surface area contributed by atoms with Crippen LogP contribution in [0, 0.1) is 6.92 Å². The number of carbonyl (C=O) groups excluding carboxylic acids is 1. The molecule has 3 aromatic rings. The summed E-state index contributed by atoms with van der Waals surface area (Å²) < 4.78 is 0. The zero-order valence-electron chi connectivity index (χ0n) is 16.1. The minimum Gasteiger partial charge on any atom is -0.363 e. The highest BCUT2D eigenvalue weighted by Crippen LogP contribution is 2.37. The summed E-state index contributed by atoms with van der Waals surface area (Å²) in [5.74, 6) is -0.0371. The molecule has 1 aromatic carbocycles. The van der Waals surface area contributed by atoms with Crippen molar-refractivity contribution in [2.24, 2.45) is 0 Å². The number of pyridine rings is 1. The lowest BCUT2D eigenvalue weighted by atomic mass is 10.0. The quantitative estimate of drug-likeness (QED) is 0.545. The van der Waals surface area contributed by atoms with Gasteiger partial charge in [0.25, 0.3) is 0 Å². The Morgan fingerprint density at radius 2 is 2.10 bits per heavy atom. The van der Waals surface area contributed by atoms with Gasteiger partial charge >= 0.3 is 0 Å². The summed E-state index contributed by atoms with van der Waals surface area (Å²) in [6.07, 6.45) is 4.01. The zero-order valence-corrected chi connectivity index (χ0v) is 16.9. The van der Waals surface area contributed by atoms with E-state index in [2.05, 4.69) is 25.5 Å². The molecule has 1 saturated heterocycles. The Hall–Kier alpha value is -3.19. The van der Waals surface area contributed by atoms with Crippen LogP contribution in [0.2, 0.25) is 0 Å². The van der Waals surface area contributed by atoms with Gasteiger partial charge in [-0.3, -0.25) is 9.78 Å². The topological polar surface area (TPSA) is 73.1 Å². The number of nitrogens with zero attached hydrogens (tertiary/aromatic N) is 2. The maximum Gasteiger partial charge on any atom is 0.226 e. The van der Waals surface area contributed by atoms with Gasteiger partial charge in [-0.15, -0.1) is 0 Å². The fourth-order valence-corrected chi connectivity index (χ4v) is 4.01. The van der Waals surface area contributed by atoms with Gasteiger partial charge in [0, 0.05) is 36.7 Å². The summed E-state index contributed by atoms with van der Waals surface area (Å²) >= 11 is 5.61. The number of hydrogen-bond acceptors (Lipinski definition) is 3. The molecule has 0 unspecified atom stereocenters. The fraction of sp³-hybridized carbons (Fsp3) is 0.227. The van der Waals surface area contributed by atoms with Crippen LogP contribution < -0.4 is 10.6 Å². The van der Waals surface area contributed by atoms with Crippen molar-refractivity contribution in [1.29, 1.82) is 0 Å². The van der Waals surface area contributed by atoms with Crippen molar-refractivity contribution in [1.82, 2.24) is 20.2 Å². The van der Waals surface area contributed by atoms with E-state index in [1.807, 2.05) is 67.7 Å². The number of anilines is 1. The molecule has 29 heavy (non-hydrogen) atoms. The summed E-state index contributed by atoms with van der Waals surface area (Å²) in [7, 11) is 0. The lowest BCUT2D eigenvalue weighted by molar-refractivity contribution is -0.116. The zero-order chi connectivity index (χ0) is 20.2. The molecule has 1 aliphatic heterocycles. The van der Waals surface area contributed by atoms with Crippen LogP contribution in [0.1, 0.15) is 35.5 Å². The number of H-pyrrole nitrogens is 1. The van der Waals surface area contributed by atoms with E-state index in [0.717, 1.165) is 22.6 Å². The van der Waals surface area contributed by atoms with Crippen LogP contribution in [0.5, 0.6) is 0 Å². The number of thiocarbonyl (C=S) groups is 1. The van der Waals surface area contributed by atoms with E-state index in [1.165, 1.54) is 0 Å². The molecule has 2 atom stereocenters. The van der Waals surface area contributed by atoms with E-state index >= 15 is 0 Å². The Bertz CT molecular complexity index is 989. The second kappa shape index (κ2) is 8.45. The standard InChI is InChI=1S/C22H23N5OS/c1-15-6-4-7-16(14-15)25-19(28)10-13-27-21(18-9-5-12-24-18)20(26-22(27)29)17-8-2-3-11-23-17/h2-9,11-12,14,20-21,24H,10,13H2,1H3,(H,25,28)(H,26,29)/t20-,21+/m1/s1. The molecule has 2 aromatic heterocycles. The highest BCUT2D eigenvalue weighted by molar-refractivity contribution is 7.80. The van der Waals surface area contributed by atoms with E-state index in [0.29, 0.717) is 18.1 Å². The smallest absolute Gasteiger partial charge is 0.226 e. The number of hydrogen-bond donors (Lipinski definition) is 3. The lowest BCUT2D eigenvalue weighted by Crippen LogP contribution is -2.32. The third-order valence-electron chi connectivity index (χ3n) is 5.02. The van der Waals surface area contributed by atoms with Crippen LogP contribution in [0.4, 0.5) is 5.69 Å². The minimum atomic E-state index is -0.0813. The van der Waals surface area contributed by atoms with Crippen molar-refractivity contribution in [2.75, 3.05) is 11.9 Å². The van der Waals surface area contributed by atoms with Crippen LogP contribution >= 0.6 is 12.2 Å². The maximum absolute atomic E-state index is 12.5. The van der Waals surface area contributed by atoms with Gasteiger partial charge in [-0.2, -0.15) is 0 Å². The van der Waals surface area contributed by atoms with E-state index in [4.69, 9.17) is 12.2 Å². The molecule has 1 fully saturated rings. The van der Waals surface area contributed by atoms with Crippen molar-refractivity contribution in [3.05, 3.63) is 83.9 Å². The number of rotatable bonds is 6. The molecule has 6 nitrogen and oxygen atoms in total. The number of amides is 1. The van der Waals surface area contributed by atoms with Crippen molar-refractivity contribution in [3.8, 4) is 0 Å². The van der Waals surface area contributed by atoms with Gasteiger partial charge in [-0.25, -0.2) is 0 Å². The normalized spacial score (nSPS) is 18.5. The second-order valence-corrected chi connectivity index (χ2v) is 7.50. The molecular weight excluding hydrogens is 382 g/mol. The third-order valence-corrected chi connectivity index (χ3v) is 5.37. The predicted molar refractivity (Wildman–Crippen MR) is 117 cm³/mol. The van der Waals surface area contributed by atoms with E-state index in [9.17, 15) is 4.79 Å². The molecule has 3 heterocycles. The summed E-state index contributed by atoms with van der Waals surface area (Å²) in [4.78, 5) is 22.4. The van der Waals surface area contributed by atoms with E-state index in [1.54, 1.807) is 6.20 Å². The maximum atomic E-state index is 12.5.